The Morgan fingerprint density at radius 1 is 1.12 bits per heavy atom. The Bertz CT molecular complexity index is 1030. The van der Waals surface area contributed by atoms with Gasteiger partial charge in [0, 0.05) is 25.9 Å². The predicted octanol–water partition coefficient (Wildman–Crippen LogP) is 4.05. The molecular weight excluding hydrogens is 426 g/mol. The first-order chi connectivity index (χ1) is 15.6. The van der Waals surface area contributed by atoms with Crippen LogP contribution in [0.25, 0.3) is 6.08 Å². The molecule has 0 N–H and O–H groups in total. The van der Waals surface area contributed by atoms with Gasteiger partial charge < -0.3 is 19.1 Å². The van der Waals surface area contributed by atoms with E-state index in [1.807, 2.05) is 30.3 Å². The molecule has 4 rings (SSSR count). The quantitative estimate of drug-likeness (QED) is 0.615. The molecule has 0 aliphatic carbocycles. The highest BCUT2D eigenvalue weighted by Gasteiger charge is 2.33. The number of benzene rings is 2. The van der Waals surface area contributed by atoms with Gasteiger partial charge in [0.05, 0.1) is 30.9 Å². The summed E-state index contributed by atoms with van der Waals surface area (Å²) in [5.41, 5.74) is 4.06. The van der Waals surface area contributed by atoms with Gasteiger partial charge in [-0.1, -0.05) is 6.07 Å². The SMILES string of the molecule is COCN1C(=O)/C(=C\c2ccc(N3CCOCC3)cc2C)SC1=Nc1ccc(OC)cc1. The first kappa shape index (κ1) is 22.4. The van der Waals surface area contributed by atoms with E-state index in [2.05, 4.69) is 35.0 Å². The van der Waals surface area contributed by atoms with E-state index in [1.165, 1.54) is 17.4 Å². The number of amides is 1. The zero-order chi connectivity index (χ0) is 22.5. The summed E-state index contributed by atoms with van der Waals surface area (Å²) >= 11 is 1.36. The number of carbonyl (C=O) groups is 1. The van der Waals surface area contributed by atoms with Crippen LogP contribution in [-0.4, -0.2) is 63.2 Å². The van der Waals surface area contributed by atoms with Crippen molar-refractivity contribution in [2.75, 3.05) is 52.2 Å². The number of hydrogen-bond donors (Lipinski definition) is 0. The topological polar surface area (TPSA) is 63.6 Å². The summed E-state index contributed by atoms with van der Waals surface area (Å²) in [6.45, 7) is 5.51. The maximum absolute atomic E-state index is 13.1. The van der Waals surface area contributed by atoms with Gasteiger partial charge in [-0.3, -0.25) is 9.69 Å². The predicted molar refractivity (Wildman–Crippen MR) is 129 cm³/mol. The zero-order valence-electron chi connectivity index (χ0n) is 18.5. The largest absolute Gasteiger partial charge is 0.497 e. The monoisotopic (exact) mass is 453 g/mol. The number of morpholine rings is 1. The van der Waals surface area contributed by atoms with E-state index in [9.17, 15) is 4.79 Å². The Morgan fingerprint density at radius 3 is 2.53 bits per heavy atom. The molecule has 0 radical (unpaired) electrons. The fourth-order valence-corrected chi connectivity index (χ4v) is 4.56. The number of aryl methyl sites for hydroxylation is 1. The number of aliphatic imine (C=N–C) groups is 1. The number of rotatable bonds is 6. The Hall–Kier alpha value is -2.81. The Labute approximate surface area is 192 Å². The molecule has 8 heteroatoms. The second-order valence-electron chi connectivity index (χ2n) is 7.49. The standard InChI is InChI=1S/C24H27N3O4S/c1-17-14-20(26-10-12-31-13-11-26)7-4-18(17)15-22-23(28)27(16-29-2)24(32-22)25-19-5-8-21(30-3)9-6-19/h4-9,14-15H,10-13,16H2,1-3H3/b22-15+,25-24?. The lowest BCUT2D eigenvalue weighted by molar-refractivity contribution is -0.125. The number of ether oxygens (including phenoxy) is 3. The lowest BCUT2D eigenvalue weighted by Gasteiger charge is -2.29. The molecule has 1 amide bonds. The zero-order valence-corrected chi connectivity index (χ0v) is 19.4. The second-order valence-corrected chi connectivity index (χ2v) is 8.50. The molecule has 0 spiro atoms. The van der Waals surface area contributed by atoms with Crippen LogP contribution in [0, 0.1) is 6.92 Å². The molecule has 0 atom stereocenters. The number of carbonyl (C=O) groups excluding carboxylic acids is 1. The minimum absolute atomic E-state index is 0.110. The van der Waals surface area contributed by atoms with E-state index in [0.29, 0.717) is 10.1 Å². The lowest BCUT2D eigenvalue weighted by Crippen LogP contribution is -2.36. The number of nitrogens with zero attached hydrogens (tertiary/aromatic N) is 3. The van der Waals surface area contributed by atoms with Gasteiger partial charge in [0.1, 0.15) is 12.5 Å². The molecule has 0 bridgehead atoms. The summed E-state index contributed by atoms with van der Waals surface area (Å²) < 4.78 is 15.9. The highest BCUT2D eigenvalue weighted by Crippen LogP contribution is 2.35. The smallest absolute Gasteiger partial charge is 0.268 e. The van der Waals surface area contributed by atoms with E-state index in [1.54, 1.807) is 19.1 Å². The third-order valence-electron chi connectivity index (χ3n) is 5.36. The van der Waals surface area contributed by atoms with E-state index < -0.39 is 0 Å². The summed E-state index contributed by atoms with van der Waals surface area (Å²) in [5, 5.41) is 0.593. The van der Waals surface area contributed by atoms with Crippen LogP contribution in [0.2, 0.25) is 0 Å². The molecule has 0 unspecified atom stereocenters. The molecule has 2 aromatic rings. The van der Waals surface area contributed by atoms with Gasteiger partial charge in [-0.25, -0.2) is 4.99 Å². The van der Waals surface area contributed by atoms with Crippen molar-refractivity contribution in [3.8, 4) is 5.75 Å². The summed E-state index contributed by atoms with van der Waals surface area (Å²) in [5.74, 6) is 0.648. The maximum atomic E-state index is 13.1. The Morgan fingerprint density at radius 2 is 1.88 bits per heavy atom. The fourth-order valence-electron chi connectivity index (χ4n) is 3.58. The van der Waals surface area contributed by atoms with Crippen molar-refractivity contribution in [2.45, 2.75) is 6.92 Å². The molecule has 2 saturated heterocycles. The van der Waals surface area contributed by atoms with Crippen LogP contribution in [0.5, 0.6) is 5.75 Å². The summed E-state index contributed by atoms with van der Waals surface area (Å²) in [7, 11) is 3.19. The van der Waals surface area contributed by atoms with Crippen LogP contribution in [-0.2, 0) is 14.3 Å². The maximum Gasteiger partial charge on any atom is 0.268 e. The van der Waals surface area contributed by atoms with Crippen molar-refractivity contribution >= 4 is 40.3 Å². The molecule has 2 aliphatic heterocycles. The minimum Gasteiger partial charge on any atom is -0.497 e. The number of methoxy groups -OCH3 is 2. The number of anilines is 1. The highest BCUT2D eigenvalue weighted by atomic mass is 32.2. The van der Waals surface area contributed by atoms with E-state index in [0.717, 1.165) is 48.9 Å². The molecular formula is C24H27N3O4S. The number of thioether (sulfide) groups is 1. The molecule has 0 aromatic heterocycles. The molecule has 2 aromatic carbocycles. The molecule has 168 valence electrons. The van der Waals surface area contributed by atoms with Crippen molar-refractivity contribution in [3.63, 3.8) is 0 Å². The van der Waals surface area contributed by atoms with Gasteiger partial charge in [-0.05, 0) is 72.3 Å². The molecule has 2 aliphatic rings. The van der Waals surface area contributed by atoms with Gasteiger partial charge in [-0.2, -0.15) is 0 Å². The molecule has 2 heterocycles. The second kappa shape index (κ2) is 10.2. The molecule has 0 saturated carbocycles. The fraction of sp³-hybridized carbons (Fsp3) is 0.333. The Kier molecular flexibility index (Phi) is 7.14. The van der Waals surface area contributed by atoms with Crippen LogP contribution in [0.3, 0.4) is 0 Å². The van der Waals surface area contributed by atoms with Crippen molar-refractivity contribution in [1.29, 1.82) is 0 Å². The van der Waals surface area contributed by atoms with Gasteiger partial charge in [0.15, 0.2) is 5.17 Å². The lowest BCUT2D eigenvalue weighted by atomic mass is 10.1. The van der Waals surface area contributed by atoms with Crippen molar-refractivity contribution < 1.29 is 19.0 Å². The third kappa shape index (κ3) is 4.98. The van der Waals surface area contributed by atoms with Gasteiger partial charge >= 0.3 is 0 Å². The molecule has 2 fully saturated rings. The van der Waals surface area contributed by atoms with Crippen LogP contribution < -0.4 is 9.64 Å². The number of hydrogen-bond acceptors (Lipinski definition) is 7. The average Bonchev–Trinajstić information content (AvgIpc) is 3.10. The van der Waals surface area contributed by atoms with Crippen molar-refractivity contribution in [3.05, 3.63) is 58.5 Å². The van der Waals surface area contributed by atoms with Crippen LogP contribution in [0.4, 0.5) is 11.4 Å². The highest BCUT2D eigenvalue weighted by molar-refractivity contribution is 8.18. The average molecular weight is 454 g/mol. The molecule has 32 heavy (non-hydrogen) atoms. The minimum atomic E-state index is -0.110. The summed E-state index contributed by atoms with van der Waals surface area (Å²) in [4.78, 5) is 22.2. The van der Waals surface area contributed by atoms with Crippen molar-refractivity contribution in [1.82, 2.24) is 4.90 Å². The normalized spacial score (nSPS) is 19.3. The number of amidine groups is 1. The van der Waals surface area contributed by atoms with Gasteiger partial charge in [0.2, 0.25) is 0 Å². The van der Waals surface area contributed by atoms with Crippen molar-refractivity contribution in [2.24, 2.45) is 4.99 Å². The first-order valence-corrected chi connectivity index (χ1v) is 11.3. The Balaban J connectivity index is 1.58. The third-order valence-corrected chi connectivity index (χ3v) is 6.37. The van der Waals surface area contributed by atoms with Crippen LogP contribution >= 0.6 is 11.8 Å². The summed E-state index contributed by atoms with van der Waals surface area (Å²) in [6.07, 6.45) is 1.94. The van der Waals surface area contributed by atoms with Gasteiger partial charge in [0.25, 0.3) is 5.91 Å². The van der Waals surface area contributed by atoms with E-state index in [4.69, 9.17) is 14.2 Å². The van der Waals surface area contributed by atoms with Crippen LogP contribution in [0.1, 0.15) is 11.1 Å². The van der Waals surface area contributed by atoms with Gasteiger partial charge in [-0.15, -0.1) is 0 Å². The molecule has 7 nitrogen and oxygen atoms in total. The van der Waals surface area contributed by atoms with E-state index >= 15 is 0 Å². The first-order valence-electron chi connectivity index (χ1n) is 10.5. The van der Waals surface area contributed by atoms with E-state index in [-0.39, 0.29) is 12.6 Å². The van der Waals surface area contributed by atoms with Crippen LogP contribution in [0.15, 0.2) is 52.4 Å². The summed E-state index contributed by atoms with van der Waals surface area (Å²) in [6, 6.07) is 13.8.